The lowest BCUT2D eigenvalue weighted by Crippen LogP contribution is -2.37. The predicted molar refractivity (Wildman–Crippen MR) is 87.2 cm³/mol. The molecule has 0 aliphatic carbocycles. The largest absolute Gasteiger partial charge is 0.310 e. The summed E-state index contributed by atoms with van der Waals surface area (Å²) in [6.45, 7) is 13.9. The van der Waals surface area contributed by atoms with Crippen LogP contribution in [0.25, 0.3) is 0 Å². The van der Waals surface area contributed by atoms with Crippen molar-refractivity contribution in [2.24, 2.45) is 5.92 Å². The second kappa shape index (κ2) is 7.24. The van der Waals surface area contributed by atoms with Gasteiger partial charge >= 0.3 is 0 Å². The van der Waals surface area contributed by atoms with E-state index in [-0.39, 0.29) is 0 Å². The number of aryl methyl sites for hydroxylation is 2. The molecule has 1 aliphatic rings. The van der Waals surface area contributed by atoms with Gasteiger partial charge in [-0.25, -0.2) is 0 Å². The van der Waals surface area contributed by atoms with Crippen LogP contribution in [0.15, 0.2) is 18.2 Å². The van der Waals surface area contributed by atoms with Crippen molar-refractivity contribution in [1.29, 1.82) is 0 Å². The Kier molecular flexibility index (Phi) is 5.62. The molecule has 0 amide bonds. The van der Waals surface area contributed by atoms with Crippen LogP contribution in [-0.4, -0.2) is 31.1 Å². The molecule has 2 nitrogen and oxygen atoms in total. The van der Waals surface area contributed by atoms with Gasteiger partial charge in [-0.2, -0.15) is 0 Å². The van der Waals surface area contributed by atoms with Crippen molar-refractivity contribution < 1.29 is 0 Å². The molecule has 1 fully saturated rings. The smallest absolute Gasteiger partial charge is 0.0294 e. The summed E-state index contributed by atoms with van der Waals surface area (Å²) in [5, 5.41) is 3.75. The fourth-order valence-electron chi connectivity index (χ4n) is 3.19. The molecule has 1 unspecified atom stereocenters. The zero-order chi connectivity index (χ0) is 14.5. The molecule has 1 saturated heterocycles. The SMILES string of the molecule is CCN1CCC(CNC(C)c2cc(C)ccc2C)CC1. The Bertz CT molecular complexity index is 419. The van der Waals surface area contributed by atoms with Gasteiger partial charge in [0.25, 0.3) is 0 Å². The Morgan fingerprint density at radius 2 is 1.95 bits per heavy atom. The molecule has 2 heteroatoms. The molecule has 0 aromatic heterocycles. The molecule has 2 rings (SSSR count). The summed E-state index contributed by atoms with van der Waals surface area (Å²) >= 11 is 0. The summed E-state index contributed by atoms with van der Waals surface area (Å²) in [7, 11) is 0. The van der Waals surface area contributed by atoms with Crippen molar-refractivity contribution in [1.82, 2.24) is 10.2 Å². The maximum absolute atomic E-state index is 3.75. The van der Waals surface area contributed by atoms with Crippen LogP contribution >= 0.6 is 0 Å². The summed E-state index contributed by atoms with van der Waals surface area (Å²) < 4.78 is 0. The predicted octanol–water partition coefficient (Wildman–Crippen LogP) is 3.69. The highest BCUT2D eigenvalue weighted by Gasteiger charge is 2.18. The van der Waals surface area contributed by atoms with Gasteiger partial charge in [0.15, 0.2) is 0 Å². The first kappa shape index (κ1) is 15.5. The second-order valence-corrected chi connectivity index (χ2v) is 6.37. The molecule has 20 heavy (non-hydrogen) atoms. The van der Waals surface area contributed by atoms with Gasteiger partial charge in [0, 0.05) is 6.04 Å². The molecule has 1 aliphatic heterocycles. The van der Waals surface area contributed by atoms with Crippen LogP contribution in [-0.2, 0) is 0 Å². The van der Waals surface area contributed by atoms with Crippen LogP contribution < -0.4 is 5.32 Å². The lowest BCUT2D eigenvalue weighted by molar-refractivity contribution is 0.188. The quantitative estimate of drug-likeness (QED) is 0.881. The fraction of sp³-hybridized carbons (Fsp3) is 0.667. The normalized spacial score (nSPS) is 19.2. The standard InChI is InChI=1S/C18H30N2/c1-5-20-10-8-17(9-11-20)13-19-16(4)18-12-14(2)6-7-15(18)3/h6-7,12,16-17,19H,5,8-11,13H2,1-4H3. The van der Waals surface area contributed by atoms with E-state index in [9.17, 15) is 0 Å². The molecule has 1 heterocycles. The number of rotatable bonds is 5. The first-order chi connectivity index (χ1) is 9.60. The lowest BCUT2D eigenvalue weighted by Gasteiger charge is -2.32. The molecule has 1 aromatic carbocycles. The first-order valence-corrected chi connectivity index (χ1v) is 8.13. The van der Waals surface area contributed by atoms with E-state index in [0.29, 0.717) is 6.04 Å². The molecule has 1 aromatic rings. The van der Waals surface area contributed by atoms with Crippen molar-refractivity contribution in [3.63, 3.8) is 0 Å². The van der Waals surface area contributed by atoms with Gasteiger partial charge in [-0.3, -0.25) is 0 Å². The second-order valence-electron chi connectivity index (χ2n) is 6.37. The first-order valence-electron chi connectivity index (χ1n) is 8.13. The van der Waals surface area contributed by atoms with E-state index in [1.165, 1.54) is 49.2 Å². The summed E-state index contributed by atoms with van der Waals surface area (Å²) in [4.78, 5) is 2.56. The minimum Gasteiger partial charge on any atom is -0.310 e. The molecule has 0 spiro atoms. The van der Waals surface area contributed by atoms with Crippen molar-refractivity contribution in [3.8, 4) is 0 Å². The number of piperidine rings is 1. The number of nitrogens with zero attached hydrogens (tertiary/aromatic N) is 1. The molecule has 0 saturated carbocycles. The third-order valence-corrected chi connectivity index (χ3v) is 4.77. The third kappa shape index (κ3) is 4.07. The lowest BCUT2D eigenvalue weighted by atomic mass is 9.95. The van der Waals surface area contributed by atoms with Crippen molar-refractivity contribution in [2.75, 3.05) is 26.2 Å². The zero-order valence-electron chi connectivity index (χ0n) is 13.6. The molecule has 1 N–H and O–H groups in total. The average molecular weight is 274 g/mol. The summed E-state index contributed by atoms with van der Waals surface area (Å²) in [5.74, 6) is 0.852. The van der Waals surface area contributed by atoms with Crippen LogP contribution in [0.1, 0.15) is 49.4 Å². The highest BCUT2D eigenvalue weighted by Crippen LogP contribution is 2.21. The molecule has 1 atom stereocenters. The van der Waals surface area contributed by atoms with Crippen molar-refractivity contribution >= 4 is 0 Å². The Morgan fingerprint density at radius 3 is 2.60 bits per heavy atom. The Morgan fingerprint density at radius 1 is 1.25 bits per heavy atom. The zero-order valence-corrected chi connectivity index (χ0v) is 13.6. The highest BCUT2D eigenvalue weighted by atomic mass is 15.1. The van der Waals surface area contributed by atoms with Crippen molar-refractivity contribution in [2.45, 2.75) is 46.6 Å². The van der Waals surface area contributed by atoms with Crippen LogP contribution in [0.3, 0.4) is 0 Å². The van der Waals surface area contributed by atoms with Crippen LogP contribution in [0.4, 0.5) is 0 Å². The monoisotopic (exact) mass is 274 g/mol. The summed E-state index contributed by atoms with van der Waals surface area (Å²) in [6.07, 6.45) is 2.70. The minimum atomic E-state index is 0.458. The molecular formula is C18H30N2. The van der Waals surface area contributed by atoms with Gasteiger partial charge in [-0.05, 0) is 76.8 Å². The molecular weight excluding hydrogens is 244 g/mol. The van der Waals surface area contributed by atoms with E-state index >= 15 is 0 Å². The summed E-state index contributed by atoms with van der Waals surface area (Å²) in [6, 6.07) is 7.22. The Labute approximate surface area is 124 Å². The Hall–Kier alpha value is -0.860. The van der Waals surface area contributed by atoms with E-state index in [2.05, 4.69) is 56.1 Å². The van der Waals surface area contributed by atoms with Gasteiger partial charge < -0.3 is 10.2 Å². The highest BCUT2D eigenvalue weighted by molar-refractivity contribution is 5.32. The van der Waals surface area contributed by atoms with Gasteiger partial charge in [0.1, 0.15) is 0 Å². The summed E-state index contributed by atoms with van der Waals surface area (Å²) in [5.41, 5.74) is 4.21. The minimum absolute atomic E-state index is 0.458. The molecule has 0 radical (unpaired) electrons. The van der Waals surface area contributed by atoms with E-state index in [0.717, 1.165) is 12.5 Å². The average Bonchev–Trinajstić information content (AvgIpc) is 2.47. The van der Waals surface area contributed by atoms with Gasteiger partial charge in [0.2, 0.25) is 0 Å². The maximum atomic E-state index is 3.75. The van der Waals surface area contributed by atoms with E-state index in [1.807, 2.05) is 0 Å². The van der Waals surface area contributed by atoms with Gasteiger partial charge in [-0.1, -0.05) is 30.7 Å². The number of likely N-dealkylation sites (tertiary alicyclic amines) is 1. The number of hydrogen-bond acceptors (Lipinski definition) is 2. The number of nitrogens with one attached hydrogen (secondary N) is 1. The maximum Gasteiger partial charge on any atom is 0.0294 e. The van der Waals surface area contributed by atoms with E-state index in [4.69, 9.17) is 0 Å². The third-order valence-electron chi connectivity index (χ3n) is 4.77. The van der Waals surface area contributed by atoms with E-state index < -0.39 is 0 Å². The van der Waals surface area contributed by atoms with Gasteiger partial charge in [0.05, 0.1) is 0 Å². The fourth-order valence-corrected chi connectivity index (χ4v) is 3.19. The van der Waals surface area contributed by atoms with Crippen LogP contribution in [0, 0.1) is 19.8 Å². The van der Waals surface area contributed by atoms with Crippen LogP contribution in [0.5, 0.6) is 0 Å². The number of benzene rings is 1. The molecule has 112 valence electrons. The van der Waals surface area contributed by atoms with Crippen LogP contribution in [0.2, 0.25) is 0 Å². The molecule has 0 bridgehead atoms. The van der Waals surface area contributed by atoms with Gasteiger partial charge in [-0.15, -0.1) is 0 Å². The van der Waals surface area contributed by atoms with Crippen molar-refractivity contribution in [3.05, 3.63) is 34.9 Å². The Balaban J connectivity index is 1.83. The topological polar surface area (TPSA) is 15.3 Å². The number of hydrogen-bond donors (Lipinski definition) is 1. The van der Waals surface area contributed by atoms with E-state index in [1.54, 1.807) is 0 Å².